The summed E-state index contributed by atoms with van der Waals surface area (Å²) in [6, 6.07) is 7.12. The molecule has 0 radical (unpaired) electrons. The van der Waals surface area contributed by atoms with Crippen molar-refractivity contribution in [1.82, 2.24) is 5.32 Å². The minimum absolute atomic E-state index is 0.0194. The number of nitrogens with one attached hydrogen (secondary N) is 1. The van der Waals surface area contributed by atoms with Crippen LogP contribution in [0.4, 0.5) is 0 Å². The van der Waals surface area contributed by atoms with E-state index < -0.39 is 9.84 Å². The number of hydrogen-bond donors (Lipinski definition) is 2. The van der Waals surface area contributed by atoms with Crippen molar-refractivity contribution < 1.29 is 13.5 Å². The number of sulfone groups is 1. The van der Waals surface area contributed by atoms with Crippen LogP contribution in [0.5, 0.6) is 0 Å². The molecule has 1 fully saturated rings. The maximum atomic E-state index is 12.9. The number of aliphatic hydroxyl groups excluding tert-OH is 1. The summed E-state index contributed by atoms with van der Waals surface area (Å²) in [6.07, 6.45) is 3.61. The van der Waals surface area contributed by atoms with Crippen molar-refractivity contribution in [2.45, 2.75) is 55.7 Å². The molecule has 0 heterocycles. The van der Waals surface area contributed by atoms with Gasteiger partial charge in [0.25, 0.3) is 0 Å². The fourth-order valence-electron chi connectivity index (χ4n) is 3.02. The van der Waals surface area contributed by atoms with E-state index in [1.54, 1.807) is 12.1 Å². The molecule has 1 aliphatic rings. The minimum atomic E-state index is -3.31. The van der Waals surface area contributed by atoms with E-state index in [4.69, 9.17) is 5.11 Å². The van der Waals surface area contributed by atoms with Crippen LogP contribution in [0.2, 0.25) is 0 Å². The van der Waals surface area contributed by atoms with Gasteiger partial charge >= 0.3 is 0 Å². The zero-order valence-electron chi connectivity index (χ0n) is 13.5. The molecule has 0 bridgehead atoms. The van der Waals surface area contributed by atoms with Crippen LogP contribution >= 0.6 is 0 Å². The first-order valence-electron chi connectivity index (χ1n) is 8.10. The predicted octanol–water partition coefficient (Wildman–Crippen LogP) is 2.30. The summed E-state index contributed by atoms with van der Waals surface area (Å²) in [7, 11) is -3.31. The second-order valence-corrected chi connectivity index (χ2v) is 8.65. The molecule has 0 unspecified atom stereocenters. The number of aryl methyl sites for hydroxylation is 1. The molecule has 4 nitrogen and oxygen atoms in total. The molecule has 2 rings (SSSR count). The molecule has 0 saturated heterocycles. The van der Waals surface area contributed by atoms with E-state index in [-0.39, 0.29) is 23.8 Å². The third-order valence-corrected chi connectivity index (χ3v) is 6.78. The highest BCUT2D eigenvalue weighted by Crippen LogP contribution is 2.29. The Morgan fingerprint density at radius 2 is 1.86 bits per heavy atom. The molecule has 0 spiro atoms. The quantitative estimate of drug-likeness (QED) is 0.842. The topological polar surface area (TPSA) is 66.4 Å². The number of benzene rings is 1. The van der Waals surface area contributed by atoms with E-state index >= 15 is 0 Å². The summed E-state index contributed by atoms with van der Waals surface area (Å²) in [4.78, 5) is 0.423. The van der Waals surface area contributed by atoms with E-state index in [9.17, 15) is 8.42 Å². The SMILES string of the molecule is Cc1ccc(S(=O)(=O)[C@@H]2CCCC[C@H]2NC[C@H](C)CO)cc1. The van der Waals surface area contributed by atoms with E-state index in [1.165, 1.54) is 0 Å². The fraction of sp³-hybridized carbons (Fsp3) is 0.647. The zero-order chi connectivity index (χ0) is 16.2. The Labute approximate surface area is 133 Å². The molecule has 22 heavy (non-hydrogen) atoms. The molecule has 0 amide bonds. The number of hydrogen-bond acceptors (Lipinski definition) is 4. The van der Waals surface area contributed by atoms with Gasteiger partial charge in [-0.25, -0.2) is 8.42 Å². The van der Waals surface area contributed by atoms with Crippen molar-refractivity contribution in [2.75, 3.05) is 13.2 Å². The van der Waals surface area contributed by atoms with Gasteiger partial charge < -0.3 is 10.4 Å². The first-order valence-corrected chi connectivity index (χ1v) is 9.64. The van der Waals surface area contributed by atoms with E-state index in [0.717, 1.165) is 24.8 Å². The van der Waals surface area contributed by atoms with E-state index in [2.05, 4.69) is 5.32 Å². The number of aliphatic hydroxyl groups is 1. The van der Waals surface area contributed by atoms with Gasteiger partial charge in [-0.1, -0.05) is 37.5 Å². The maximum absolute atomic E-state index is 12.9. The first kappa shape index (κ1) is 17.4. The highest BCUT2D eigenvalue weighted by atomic mass is 32.2. The van der Waals surface area contributed by atoms with Crippen LogP contribution in [0, 0.1) is 12.8 Å². The van der Waals surface area contributed by atoms with Crippen LogP contribution in [0.3, 0.4) is 0 Å². The Hall–Kier alpha value is -0.910. The second kappa shape index (κ2) is 7.57. The molecular weight excluding hydrogens is 298 g/mol. The molecule has 5 heteroatoms. The van der Waals surface area contributed by atoms with Crippen molar-refractivity contribution in [3.05, 3.63) is 29.8 Å². The standard InChI is InChI=1S/C17H27NO3S/c1-13-7-9-15(10-8-13)22(20,21)17-6-4-3-5-16(17)18-11-14(2)12-19/h7-10,14,16-19H,3-6,11-12H2,1-2H3/t14-,16+,17+/m0/s1. The van der Waals surface area contributed by atoms with Crippen molar-refractivity contribution in [1.29, 1.82) is 0 Å². The molecule has 0 aromatic heterocycles. The fourth-order valence-corrected chi connectivity index (χ4v) is 5.03. The maximum Gasteiger partial charge on any atom is 0.182 e. The number of rotatable bonds is 6. The molecule has 1 aliphatic carbocycles. The molecule has 1 saturated carbocycles. The summed E-state index contributed by atoms with van der Waals surface area (Å²) < 4.78 is 25.9. The van der Waals surface area contributed by atoms with Gasteiger partial charge in [0.1, 0.15) is 0 Å². The molecule has 1 aromatic carbocycles. The predicted molar refractivity (Wildman–Crippen MR) is 88.7 cm³/mol. The van der Waals surface area contributed by atoms with Crippen molar-refractivity contribution in [2.24, 2.45) is 5.92 Å². The monoisotopic (exact) mass is 325 g/mol. The summed E-state index contributed by atoms with van der Waals surface area (Å²) in [5.41, 5.74) is 1.06. The summed E-state index contributed by atoms with van der Waals surface area (Å²) in [6.45, 7) is 4.69. The van der Waals surface area contributed by atoms with E-state index in [1.807, 2.05) is 26.0 Å². The van der Waals surface area contributed by atoms with Crippen LogP contribution in [0.15, 0.2) is 29.2 Å². The van der Waals surface area contributed by atoms with Crippen molar-refractivity contribution >= 4 is 9.84 Å². The Morgan fingerprint density at radius 1 is 1.23 bits per heavy atom. The first-order chi connectivity index (χ1) is 10.4. The Bertz CT molecular complexity index is 568. The van der Waals surface area contributed by atoms with E-state index in [0.29, 0.717) is 17.9 Å². The lowest BCUT2D eigenvalue weighted by molar-refractivity contribution is 0.225. The van der Waals surface area contributed by atoms with Crippen LogP contribution in [-0.4, -0.2) is 38.0 Å². The minimum Gasteiger partial charge on any atom is -0.396 e. The average Bonchev–Trinajstić information content (AvgIpc) is 2.53. The van der Waals surface area contributed by atoms with Gasteiger partial charge in [-0.15, -0.1) is 0 Å². The van der Waals surface area contributed by atoms with Gasteiger partial charge in [-0.05, 0) is 37.8 Å². The van der Waals surface area contributed by atoms with Gasteiger partial charge in [0, 0.05) is 19.2 Å². The van der Waals surface area contributed by atoms with Crippen molar-refractivity contribution in [3.8, 4) is 0 Å². The lowest BCUT2D eigenvalue weighted by atomic mass is 9.94. The third kappa shape index (κ3) is 4.09. The van der Waals surface area contributed by atoms with Crippen LogP contribution < -0.4 is 5.32 Å². The van der Waals surface area contributed by atoms with Gasteiger partial charge in [-0.3, -0.25) is 0 Å². The zero-order valence-corrected chi connectivity index (χ0v) is 14.3. The highest BCUT2D eigenvalue weighted by Gasteiger charge is 2.36. The largest absolute Gasteiger partial charge is 0.396 e. The van der Waals surface area contributed by atoms with Gasteiger partial charge in [0.05, 0.1) is 10.1 Å². The average molecular weight is 325 g/mol. The molecule has 1 aromatic rings. The molecular formula is C17H27NO3S. The third-order valence-electron chi connectivity index (χ3n) is 4.49. The Balaban J connectivity index is 2.16. The van der Waals surface area contributed by atoms with Crippen molar-refractivity contribution in [3.63, 3.8) is 0 Å². The molecule has 3 atom stereocenters. The summed E-state index contributed by atoms with van der Waals surface area (Å²) >= 11 is 0. The summed E-state index contributed by atoms with van der Waals surface area (Å²) in [5.74, 6) is 0.143. The van der Waals surface area contributed by atoms with Gasteiger partial charge in [0.2, 0.25) is 0 Å². The van der Waals surface area contributed by atoms with Crippen LogP contribution in [0.25, 0.3) is 0 Å². The van der Waals surface area contributed by atoms with Crippen LogP contribution in [0.1, 0.15) is 38.2 Å². The molecule has 2 N–H and O–H groups in total. The Morgan fingerprint density at radius 3 is 2.50 bits per heavy atom. The molecule has 124 valence electrons. The second-order valence-electron chi connectivity index (χ2n) is 6.48. The van der Waals surface area contributed by atoms with Gasteiger partial charge in [-0.2, -0.15) is 0 Å². The smallest absolute Gasteiger partial charge is 0.182 e. The van der Waals surface area contributed by atoms with Gasteiger partial charge in [0.15, 0.2) is 9.84 Å². The summed E-state index contributed by atoms with van der Waals surface area (Å²) in [5, 5.41) is 12.1. The normalized spacial score (nSPS) is 24.1. The molecule has 0 aliphatic heterocycles. The highest BCUT2D eigenvalue weighted by molar-refractivity contribution is 7.92. The lowest BCUT2D eigenvalue weighted by Gasteiger charge is -2.32. The Kier molecular flexibility index (Phi) is 6.01. The lowest BCUT2D eigenvalue weighted by Crippen LogP contribution is -2.47. The van der Waals surface area contributed by atoms with Crippen LogP contribution in [-0.2, 0) is 9.84 Å².